The van der Waals surface area contributed by atoms with E-state index in [-0.39, 0.29) is 5.97 Å². The Morgan fingerprint density at radius 3 is 2.45 bits per heavy atom. The molecule has 0 fully saturated rings. The average Bonchev–Trinajstić information content (AvgIpc) is 2.52. The third-order valence-electron chi connectivity index (χ3n) is 2.96. The van der Waals surface area contributed by atoms with Gasteiger partial charge in [0.1, 0.15) is 5.75 Å². The van der Waals surface area contributed by atoms with Crippen LogP contribution >= 0.6 is 0 Å². The van der Waals surface area contributed by atoms with Gasteiger partial charge in [0.2, 0.25) is 0 Å². The van der Waals surface area contributed by atoms with Gasteiger partial charge >= 0.3 is 5.97 Å². The molecule has 104 valence electrons. The SMILES string of the molecule is CCCOC(=O)c1cccc(-c2ccc(OC)cc2)c1. The second-order valence-corrected chi connectivity index (χ2v) is 4.45. The summed E-state index contributed by atoms with van der Waals surface area (Å²) in [5.74, 6) is 0.537. The average molecular weight is 270 g/mol. The maximum absolute atomic E-state index is 11.8. The molecule has 0 aliphatic rings. The van der Waals surface area contributed by atoms with E-state index in [0.717, 1.165) is 23.3 Å². The standard InChI is InChI=1S/C17H18O3/c1-3-11-20-17(18)15-6-4-5-14(12-15)13-7-9-16(19-2)10-8-13/h4-10,12H,3,11H2,1-2H3. The molecule has 0 saturated carbocycles. The van der Waals surface area contributed by atoms with Crippen LogP contribution in [0.5, 0.6) is 5.75 Å². The van der Waals surface area contributed by atoms with Crippen molar-refractivity contribution in [2.24, 2.45) is 0 Å². The van der Waals surface area contributed by atoms with Gasteiger partial charge in [-0.1, -0.05) is 31.2 Å². The molecule has 3 heteroatoms. The van der Waals surface area contributed by atoms with Crippen LogP contribution in [0.2, 0.25) is 0 Å². The summed E-state index contributed by atoms with van der Waals surface area (Å²) in [5, 5.41) is 0. The molecule has 3 nitrogen and oxygen atoms in total. The highest BCUT2D eigenvalue weighted by molar-refractivity contribution is 5.91. The van der Waals surface area contributed by atoms with Crippen molar-refractivity contribution in [3.8, 4) is 16.9 Å². The molecule has 0 radical (unpaired) electrons. The van der Waals surface area contributed by atoms with E-state index in [0.29, 0.717) is 12.2 Å². The zero-order valence-electron chi connectivity index (χ0n) is 11.8. The number of hydrogen-bond donors (Lipinski definition) is 0. The first-order valence-corrected chi connectivity index (χ1v) is 6.66. The molecule has 0 unspecified atom stereocenters. The molecule has 0 heterocycles. The van der Waals surface area contributed by atoms with E-state index >= 15 is 0 Å². The minimum Gasteiger partial charge on any atom is -0.497 e. The second-order valence-electron chi connectivity index (χ2n) is 4.45. The zero-order valence-corrected chi connectivity index (χ0v) is 11.8. The Balaban J connectivity index is 2.22. The molecule has 0 spiro atoms. The topological polar surface area (TPSA) is 35.5 Å². The number of carbonyl (C=O) groups is 1. The summed E-state index contributed by atoms with van der Waals surface area (Å²) < 4.78 is 10.3. The fourth-order valence-corrected chi connectivity index (χ4v) is 1.89. The molecular formula is C17H18O3. The Bertz CT molecular complexity index is 573. The van der Waals surface area contributed by atoms with Gasteiger partial charge in [-0.3, -0.25) is 0 Å². The fraction of sp³-hybridized carbons (Fsp3) is 0.235. The molecule has 0 N–H and O–H groups in total. The van der Waals surface area contributed by atoms with Gasteiger partial charge < -0.3 is 9.47 Å². The minimum atomic E-state index is -0.276. The molecule has 0 aromatic heterocycles. The lowest BCUT2D eigenvalue weighted by atomic mass is 10.0. The summed E-state index contributed by atoms with van der Waals surface area (Å²) in [5.41, 5.74) is 2.60. The summed E-state index contributed by atoms with van der Waals surface area (Å²) in [4.78, 5) is 11.8. The first-order valence-electron chi connectivity index (χ1n) is 6.66. The molecule has 2 aromatic rings. The fourth-order valence-electron chi connectivity index (χ4n) is 1.89. The van der Waals surface area contributed by atoms with Crippen molar-refractivity contribution in [3.05, 3.63) is 54.1 Å². The van der Waals surface area contributed by atoms with Crippen LogP contribution in [-0.2, 0) is 4.74 Å². The zero-order chi connectivity index (χ0) is 14.4. The van der Waals surface area contributed by atoms with Crippen LogP contribution < -0.4 is 4.74 Å². The molecule has 0 aliphatic carbocycles. The van der Waals surface area contributed by atoms with Gasteiger partial charge in [0.15, 0.2) is 0 Å². The van der Waals surface area contributed by atoms with E-state index in [1.807, 2.05) is 49.4 Å². The number of rotatable bonds is 5. The largest absolute Gasteiger partial charge is 0.497 e. The molecule has 20 heavy (non-hydrogen) atoms. The summed E-state index contributed by atoms with van der Waals surface area (Å²) in [6, 6.07) is 15.2. The van der Waals surface area contributed by atoms with Gasteiger partial charge in [-0.05, 0) is 41.8 Å². The first-order chi connectivity index (χ1) is 9.74. The van der Waals surface area contributed by atoms with Crippen molar-refractivity contribution >= 4 is 5.97 Å². The third-order valence-corrected chi connectivity index (χ3v) is 2.96. The molecule has 2 aromatic carbocycles. The quantitative estimate of drug-likeness (QED) is 0.772. The molecular weight excluding hydrogens is 252 g/mol. The van der Waals surface area contributed by atoms with Crippen LogP contribution in [0.25, 0.3) is 11.1 Å². The van der Waals surface area contributed by atoms with Crippen LogP contribution in [0.1, 0.15) is 23.7 Å². The van der Waals surface area contributed by atoms with E-state index in [4.69, 9.17) is 9.47 Å². The second kappa shape index (κ2) is 6.75. The lowest BCUT2D eigenvalue weighted by molar-refractivity contribution is 0.0505. The van der Waals surface area contributed by atoms with E-state index < -0.39 is 0 Å². The highest BCUT2D eigenvalue weighted by Gasteiger charge is 2.08. The highest BCUT2D eigenvalue weighted by Crippen LogP contribution is 2.23. The predicted octanol–water partition coefficient (Wildman–Crippen LogP) is 3.93. The number of hydrogen-bond acceptors (Lipinski definition) is 3. The van der Waals surface area contributed by atoms with Gasteiger partial charge in [0, 0.05) is 0 Å². The predicted molar refractivity (Wildman–Crippen MR) is 79.0 cm³/mol. The van der Waals surface area contributed by atoms with Crippen LogP contribution in [0, 0.1) is 0 Å². The van der Waals surface area contributed by atoms with Crippen molar-refractivity contribution in [1.29, 1.82) is 0 Å². The highest BCUT2D eigenvalue weighted by atomic mass is 16.5. The molecule has 0 aliphatic heterocycles. The number of benzene rings is 2. The molecule has 0 amide bonds. The molecule has 0 atom stereocenters. The van der Waals surface area contributed by atoms with Crippen LogP contribution in [-0.4, -0.2) is 19.7 Å². The van der Waals surface area contributed by atoms with Gasteiger partial charge in [0.25, 0.3) is 0 Å². The van der Waals surface area contributed by atoms with Crippen molar-refractivity contribution in [2.75, 3.05) is 13.7 Å². The lowest BCUT2D eigenvalue weighted by Gasteiger charge is -2.07. The van der Waals surface area contributed by atoms with Crippen LogP contribution in [0.15, 0.2) is 48.5 Å². The van der Waals surface area contributed by atoms with E-state index in [1.165, 1.54) is 0 Å². The van der Waals surface area contributed by atoms with Gasteiger partial charge in [-0.25, -0.2) is 4.79 Å². The number of esters is 1. The minimum absolute atomic E-state index is 0.276. The maximum Gasteiger partial charge on any atom is 0.338 e. The third kappa shape index (κ3) is 3.38. The normalized spacial score (nSPS) is 10.1. The van der Waals surface area contributed by atoms with Crippen molar-refractivity contribution in [2.45, 2.75) is 13.3 Å². The Morgan fingerprint density at radius 2 is 1.80 bits per heavy atom. The maximum atomic E-state index is 11.8. The first kappa shape index (κ1) is 14.1. The number of carbonyl (C=O) groups excluding carboxylic acids is 1. The van der Waals surface area contributed by atoms with Crippen molar-refractivity contribution < 1.29 is 14.3 Å². The monoisotopic (exact) mass is 270 g/mol. The van der Waals surface area contributed by atoms with Gasteiger partial charge in [0.05, 0.1) is 19.3 Å². The van der Waals surface area contributed by atoms with Gasteiger partial charge in [-0.15, -0.1) is 0 Å². The summed E-state index contributed by atoms with van der Waals surface area (Å²) in [6.07, 6.45) is 0.823. The van der Waals surface area contributed by atoms with Crippen LogP contribution in [0.3, 0.4) is 0 Å². The molecule has 0 saturated heterocycles. The van der Waals surface area contributed by atoms with Crippen molar-refractivity contribution in [3.63, 3.8) is 0 Å². The number of methoxy groups -OCH3 is 1. The Kier molecular flexibility index (Phi) is 4.77. The van der Waals surface area contributed by atoms with Crippen LogP contribution in [0.4, 0.5) is 0 Å². The summed E-state index contributed by atoms with van der Waals surface area (Å²) >= 11 is 0. The number of ether oxygens (including phenoxy) is 2. The smallest absolute Gasteiger partial charge is 0.338 e. The summed E-state index contributed by atoms with van der Waals surface area (Å²) in [7, 11) is 1.64. The Morgan fingerprint density at radius 1 is 1.05 bits per heavy atom. The molecule has 0 bridgehead atoms. The Labute approximate surface area is 119 Å². The molecule has 2 rings (SSSR count). The lowest BCUT2D eigenvalue weighted by Crippen LogP contribution is -2.05. The summed E-state index contributed by atoms with van der Waals surface area (Å²) in [6.45, 7) is 2.42. The van der Waals surface area contributed by atoms with Crippen molar-refractivity contribution in [1.82, 2.24) is 0 Å². The van der Waals surface area contributed by atoms with E-state index in [2.05, 4.69) is 0 Å². The Hall–Kier alpha value is -2.29. The van der Waals surface area contributed by atoms with E-state index in [9.17, 15) is 4.79 Å². The van der Waals surface area contributed by atoms with Gasteiger partial charge in [-0.2, -0.15) is 0 Å². The van der Waals surface area contributed by atoms with E-state index in [1.54, 1.807) is 13.2 Å².